The van der Waals surface area contributed by atoms with Gasteiger partial charge < -0.3 is 14.6 Å². The first-order valence-electron chi connectivity index (χ1n) is 5.78. The third-order valence-corrected chi connectivity index (χ3v) is 2.98. The lowest BCUT2D eigenvalue weighted by Crippen LogP contribution is -2.32. The minimum Gasteiger partial charge on any atom is -0.467 e. The second-order valence-electron chi connectivity index (χ2n) is 4.13. The zero-order chi connectivity index (χ0) is 12.3. The van der Waals surface area contributed by atoms with E-state index in [4.69, 9.17) is 4.42 Å². The molecule has 0 aliphatic carbocycles. The molecule has 5 heteroatoms. The normalized spacial score (nSPS) is 19.7. The Morgan fingerprint density at radius 2 is 2.47 bits per heavy atom. The Morgan fingerprint density at radius 1 is 1.65 bits per heavy atom. The van der Waals surface area contributed by atoms with Gasteiger partial charge in [0.05, 0.1) is 18.7 Å². The van der Waals surface area contributed by atoms with Gasteiger partial charge in [-0.1, -0.05) is 0 Å². The van der Waals surface area contributed by atoms with Crippen molar-refractivity contribution in [3.05, 3.63) is 24.2 Å². The lowest BCUT2D eigenvalue weighted by atomic mass is 10.1. The molecule has 1 aliphatic heterocycles. The zero-order valence-corrected chi connectivity index (χ0v) is 9.81. The highest BCUT2D eigenvalue weighted by atomic mass is 16.3. The fourth-order valence-corrected chi connectivity index (χ4v) is 1.99. The lowest BCUT2D eigenvalue weighted by molar-refractivity contribution is -0.128. The molecule has 1 aliphatic rings. The first kappa shape index (κ1) is 11.7. The molecule has 1 aromatic heterocycles. The molecule has 2 amide bonds. The van der Waals surface area contributed by atoms with Crippen LogP contribution in [0.2, 0.25) is 0 Å². The first-order chi connectivity index (χ1) is 8.20. The second-order valence-corrected chi connectivity index (χ2v) is 4.13. The van der Waals surface area contributed by atoms with Gasteiger partial charge in [-0.2, -0.15) is 0 Å². The fraction of sp³-hybridized carbons (Fsp3) is 0.500. The van der Waals surface area contributed by atoms with Crippen molar-refractivity contribution in [1.29, 1.82) is 0 Å². The topological polar surface area (TPSA) is 62.6 Å². The van der Waals surface area contributed by atoms with Crippen LogP contribution in [0.3, 0.4) is 0 Å². The van der Waals surface area contributed by atoms with Crippen molar-refractivity contribution < 1.29 is 14.0 Å². The largest absolute Gasteiger partial charge is 0.467 e. The Hall–Kier alpha value is -1.78. The van der Waals surface area contributed by atoms with Crippen LogP contribution in [0.1, 0.15) is 19.1 Å². The minimum atomic E-state index is -0.225. The molecule has 0 radical (unpaired) electrons. The smallest absolute Gasteiger partial charge is 0.225 e. The van der Waals surface area contributed by atoms with Crippen LogP contribution in [0.15, 0.2) is 22.8 Å². The number of nitrogens with zero attached hydrogens (tertiary/aromatic N) is 1. The maximum absolute atomic E-state index is 11.8. The summed E-state index contributed by atoms with van der Waals surface area (Å²) in [7, 11) is 0. The zero-order valence-electron chi connectivity index (χ0n) is 9.81. The Morgan fingerprint density at radius 3 is 3.06 bits per heavy atom. The number of furan rings is 1. The van der Waals surface area contributed by atoms with Crippen molar-refractivity contribution in [3.8, 4) is 0 Å². The Bertz CT molecular complexity index is 400. The highest BCUT2D eigenvalue weighted by Crippen LogP contribution is 2.17. The first-order valence-corrected chi connectivity index (χ1v) is 5.78. The lowest BCUT2D eigenvalue weighted by Gasteiger charge is -2.13. The minimum absolute atomic E-state index is 0.0608. The van der Waals surface area contributed by atoms with Crippen LogP contribution < -0.4 is 5.32 Å². The van der Waals surface area contributed by atoms with Crippen LogP contribution in [0, 0.1) is 5.92 Å². The molecule has 0 aromatic carbocycles. The van der Waals surface area contributed by atoms with Gasteiger partial charge >= 0.3 is 0 Å². The van der Waals surface area contributed by atoms with Crippen LogP contribution in [0.5, 0.6) is 0 Å². The van der Waals surface area contributed by atoms with Crippen molar-refractivity contribution in [2.24, 2.45) is 5.92 Å². The van der Waals surface area contributed by atoms with E-state index in [1.807, 2.05) is 6.92 Å². The molecule has 1 aromatic rings. The predicted molar refractivity (Wildman–Crippen MR) is 60.9 cm³/mol. The SMILES string of the molecule is CCN1CC(C(=O)NCc2ccco2)CC1=O. The van der Waals surface area contributed by atoms with E-state index in [-0.39, 0.29) is 17.7 Å². The van der Waals surface area contributed by atoms with Gasteiger partial charge in [0, 0.05) is 19.5 Å². The molecular weight excluding hydrogens is 220 g/mol. The molecule has 1 unspecified atom stereocenters. The summed E-state index contributed by atoms with van der Waals surface area (Å²) < 4.78 is 5.12. The number of hydrogen-bond donors (Lipinski definition) is 1. The Labute approximate surface area is 99.8 Å². The quantitative estimate of drug-likeness (QED) is 0.839. The van der Waals surface area contributed by atoms with Crippen LogP contribution in [0.4, 0.5) is 0 Å². The van der Waals surface area contributed by atoms with E-state index in [1.54, 1.807) is 23.3 Å². The van der Waals surface area contributed by atoms with Crippen LogP contribution in [-0.4, -0.2) is 29.8 Å². The molecule has 0 saturated carbocycles. The average Bonchev–Trinajstić information content (AvgIpc) is 2.94. The summed E-state index contributed by atoms with van der Waals surface area (Å²) in [5.41, 5.74) is 0. The molecule has 2 rings (SSSR count). The van der Waals surface area contributed by atoms with E-state index >= 15 is 0 Å². The van der Waals surface area contributed by atoms with E-state index in [0.717, 1.165) is 5.76 Å². The van der Waals surface area contributed by atoms with E-state index in [0.29, 0.717) is 26.1 Å². The van der Waals surface area contributed by atoms with Gasteiger partial charge in [-0.3, -0.25) is 9.59 Å². The molecule has 0 bridgehead atoms. The Balaban J connectivity index is 1.83. The number of hydrogen-bond acceptors (Lipinski definition) is 3. The van der Waals surface area contributed by atoms with Gasteiger partial charge in [0.2, 0.25) is 11.8 Å². The monoisotopic (exact) mass is 236 g/mol. The highest BCUT2D eigenvalue weighted by Gasteiger charge is 2.33. The van der Waals surface area contributed by atoms with Crippen LogP contribution >= 0.6 is 0 Å². The van der Waals surface area contributed by atoms with Crippen LogP contribution in [0.25, 0.3) is 0 Å². The summed E-state index contributed by atoms with van der Waals surface area (Å²) >= 11 is 0. The molecular formula is C12H16N2O3. The molecule has 1 atom stereocenters. The summed E-state index contributed by atoms with van der Waals surface area (Å²) in [5.74, 6) is 0.476. The second kappa shape index (κ2) is 5.03. The molecule has 0 spiro atoms. The molecule has 92 valence electrons. The van der Waals surface area contributed by atoms with Crippen molar-refractivity contribution in [1.82, 2.24) is 10.2 Å². The molecule has 1 N–H and O–H groups in total. The van der Waals surface area contributed by atoms with E-state index in [9.17, 15) is 9.59 Å². The highest BCUT2D eigenvalue weighted by molar-refractivity contribution is 5.89. The number of nitrogens with one attached hydrogen (secondary N) is 1. The van der Waals surface area contributed by atoms with Crippen molar-refractivity contribution in [3.63, 3.8) is 0 Å². The van der Waals surface area contributed by atoms with Gasteiger partial charge in [0.1, 0.15) is 5.76 Å². The maximum Gasteiger partial charge on any atom is 0.225 e. The van der Waals surface area contributed by atoms with Gasteiger partial charge in [-0.25, -0.2) is 0 Å². The van der Waals surface area contributed by atoms with Crippen LogP contribution in [-0.2, 0) is 16.1 Å². The number of amides is 2. The van der Waals surface area contributed by atoms with Crippen molar-refractivity contribution >= 4 is 11.8 Å². The van der Waals surface area contributed by atoms with Gasteiger partial charge in [-0.15, -0.1) is 0 Å². The predicted octanol–water partition coefficient (Wildman–Crippen LogP) is 0.764. The van der Waals surface area contributed by atoms with Crippen molar-refractivity contribution in [2.75, 3.05) is 13.1 Å². The van der Waals surface area contributed by atoms with E-state index in [1.165, 1.54) is 0 Å². The van der Waals surface area contributed by atoms with Gasteiger partial charge in [-0.05, 0) is 19.1 Å². The molecule has 1 saturated heterocycles. The molecule has 2 heterocycles. The Kier molecular flexibility index (Phi) is 3.46. The van der Waals surface area contributed by atoms with Crippen molar-refractivity contribution in [2.45, 2.75) is 19.9 Å². The number of rotatable bonds is 4. The fourth-order valence-electron chi connectivity index (χ4n) is 1.99. The van der Waals surface area contributed by atoms with E-state index < -0.39 is 0 Å². The standard InChI is InChI=1S/C12H16N2O3/c1-2-14-8-9(6-11(14)15)12(16)13-7-10-4-3-5-17-10/h3-5,9H,2,6-8H2,1H3,(H,13,16). The third-order valence-electron chi connectivity index (χ3n) is 2.98. The van der Waals surface area contributed by atoms with E-state index in [2.05, 4.69) is 5.32 Å². The number of carbonyl (C=O) groups is 2. The number of carbonyl (C=O) groups excluding carboxylic acids is 2. The molecule has 5 nitrogen and oxygen atoms in total. The third kappa shape index (κ3) is 2.67. The summed E-state index contributed by atoms with van der Waals surface area (Å²) in [5, 5.41) is 2.78. The maximum atomic E-state index is 11.8. The summed E-state index contributed by atoms with van der Waals surface area (Å²) in [4.78, 5) is 25.0. The summed E-state index contributed by atoms with van der Waals surface area (Å²) in [6.07, 6.45) is 1.89. The van der Waals surface area contributed by atoms with Gasteiger partial charge in [0.25, 0.3) is 0 Å². The molecule has 1 fully saturated rings. The van der Waals surface area contributed by atoms with Gasteiger partial charge in [0.15, 0.2) is 0 Å². The molecule has 17 heavy (non-hydrogen) atoms. The average molecular weight is 236 g/mol. The summed E-state index contributed by atoms with van der Waals surface area (Å²) in [6, 6.07) is 3.58. The number of likely N-dealkylation sites (tertiary alicyclic amines) is 1. The summed E-state index contributed by atoms with van der Waals surface area (Å²) in [6.45, 7) is 3.49.